The van der Waals surface area contributed by atoms with Gasteiger partial charge in [0.15, 0.2) is 0 Å². The van der Waals surface area contributed by atoms with E-state index in [1.54, 1.807) is 13.3 Å². The van der Waals surface area contributed by atoms with Gasteiger partial charge in [0.25, 0.3) is 5.91 Å². The highest BCUT2D eigenvalue weighted by Gasteiger charge is 2.46. The van der Waals surface area contributed by atoms with Gasteiger partial charge < -0.3 is 9.46 Å². The lowest BCUT2D eigenvalue weighted by atomic mass is 9.84. The van der Waals surface area contributed by atoms with Gasteiger partial charge in [0.2, 0.25) is 0 Å². The van der Waals surface area contributed by atoms with Crippen LogP contribution < -0.4 is 5.44 Å². The normalized spacial score (nSPS) is 21.2. The summed E-state index contributed by atoms with van der Waals surface area (Å²) in [6.07, 6.45) is 7.11. The Morgan fingerprint density at radius 2 is 1.86 bits per heavy atom. The quantitative estimate of drug-likeness (QED) is 0.377. The number of rotatable bonds is 3. The van der Waals surface area contributed by atoms with Crippen molar-refractivity contribution in [2.75, 3.05) is 20.4 Å². The topological polar surface area (TPSA) is 67.6 Å². The van der Waals surface area contributed by atoms with Crippen LogP contribution in [0.5, 0.6) is 0 Å². The van der Waals surface area contributed by atoms with Gasteiger partial charge in [-0.15, -0.1) is 0 Å². The molecular weight excluding hydrogens is 455 g/mol. The summed E-state index contributed by atoms with van der Waals surface area (Å²) in [4.78, 5) is 19.8. The van der Waals surface area contributed by atoms with E-state index in [0.717, 1.165) is 34.3 Å². The lowest BCUT2D eigenvalue weighted by Crippen LogP contribution is -2.30. The molecule has 7 rings (SSSR count). The molecule has 6 nitrogen and oxygen atoms in total. The van der Waals surface area contributed by atoms with Gasteiger partial charge in [-0.05, 0) is 79.5 Å². The maximum atomic E-state index is 13.4. The number of hydrogen-bond acceptors (Lipinski definition) is 4. The molecule has 0 saturated heterocycles. The van der Waals surface area contributed by atoms with Gasteiger partial charge in [-0.1, -0.05) is 18.2 Å². The molecule has 0 unspecified atom stereocenters. The predicted octanol–water partition coefficient (Wildman–Crippen LogP) is 5.18. The average molecular weight is 483 g/mol. The Kier molecular flexibility index (Phi) is 4.30. The second-order valence-electron chi connectivity index (χ2n) is 10.6. The van der Waals surface area contributed by atoms with Crippen LogP contribution in [0.2, 0.25) is 0 Å². The molecule has 0 radical (unpaired) electrons. The molecule has 35 heavy (non-hydrogen) atoms. The molecule has 4 heterocycles. The zero-order valence-electron chi connectivity index (χ0n) is 20.1. The van der Waals surface area contributed by atoms with Crippen molar-refractivity contribution < 1.29 is 9.36 Å². The number of carbonyl (C=O) groups is 1. The van der Waals surface area contributed by atoms with Crippen molar-refractivity contribution in [3.05, 3.63) is 82.8 Å². The summed E-state index contributed by atoms with van der Waals surface area (Å²) in [5, 5.41) is 4.98. The average Bonchev–Trinajstić information content (AvgIpc) is 3.56. The van der Waals surface area contributed by atoms with Crippen LogP contribution in [0.1, 0.15) is 69.9 Å². The molecule has 0 spiro atoms. The van der Waals surface area contributed by atoms with Crippen LogP contribution in [-0.2, 0) is 4.57 Å². The number of aromatic nitrogens is 3. The fraction of sp³-hybridized carbons (Fsp3) is 0.321. The summed E-state index contributed by atoms with van der Waals surface area (Å²) in [5.74, 6) is 0.836. The number of nitrogens with zero attached hydrogens (tertiary/aromatic N) is 4. The molecule has 0 N–H and O–H groups in total. The number of hydrogen-bond donors (Lipinski definition) is 0. The summed E-state index contributed by atoms with van der Waals surface area (Å²) < 4.78 is 14.4. The Bertz CT molecular complexity index is 1580. The molecule has 3 aromatic heterocycles. The lowest BCUT2D eigenvalue weighted by Gasteiger charge is -2.24. The lowest BCUT2D eigenvalue weighted by molar-refractivity contribution is 0.0734. The molecule has 2 atom stereocenters. The van der Waals surface area contributed by atoms with Crippen LogP contribution in [0.25, 0.3) is 16.6 Å². The van der Waals surface area contributed by atoms with Gasteiger partial charge in [-0.25, -0.2) is 4.52 Å². The number of amides is 1. The highest BCUT2D eigenvalue weighted by atomic mass is 31.2. The highest BCUT2D eigenvalue weighted by molar-refractivity contribution is 7.69. The third kappa shape index (κ3) is 3.09. The van der Waals surface area contributed by atoms with Crippen LogP contribution in [-0.4, -0.2) is 45.8 Å². The van der Waals surface area contributed by atoms with E-state index in [-0.39, 0.29) is 17.9 Å². The third-order valence-electron chi connectivity index (χ3n) is 7.98. The van der Waals surface area contributed by atoms with Gasteiger partial charge in [0.1, 0.15) is 7.14 Å². The first-order chi connectivity index (χ1) is 16.8. The molecule has 2 aliphatic carbocycles. The molecule has 176 valence electrons. The van der Waals surface area contributed by atoms with E-state index >= 15 is 0 Å². The minimum atomic E-state index is -2.39. The summed E-state index contributed by atoms with van der Waals surface area (Å²) >= 11 is 0. The molecule has 1 fully saturated rings. The van der Waals surface area contributed by atoms with Gasteiger partial charge in [-0.3, -0.25) is 9.78 Å². The molecule has 1 amide bonds. The van der Waals surface area contributed by atoms with E-state index in [1.807, 2.05) is 53.1 Å². The van der Waals surface area contributed by atoms with Crippen LogP contribution in [0.15, 0.2) is 54.9 Å². The Morgan fingerprint density at radius 1 is 1.03 bits per heavy atom. The van der Waals surface area contributed by atoms with Crippen LogP contribution in [0.3, 0.4) is 0 Å². The third-order valence-corrected chi connectivity index (χ3v) is 9.35. The van der Waals surface area contributed by atoms with E-state index < -0.39 is 7.14 Å². The van der Waals surface area contributed by atoms with Crippen molar-refractivity contribution in [1.82, 2.24) is 19.5 Å². The number of pyridine rings is 2. The predicted molar refractivity (Wildman–Crippen MR) is 137 cm³/mol. The van der Waals surface area contributed by atoms with Crippen LogP contribution >= 0.6 is 7.14 Å². The second-order valence-corrected chi connectivity index (χ2v) is 13.8. The van der Waals surface area contributed by atoms with Crippen LogP contribution in [0.4, 0.5) is 0 Å². The minimum absolute atomic E-state index is 0.0190. The van der Waals surface area contributed by atoms with E-state index in [1.165, 1.54) is 29.5 Å². The smallest absolute Gasteiger partial charge is 0.254 e. The molecule has 3 aliphatic rings. The van der Waals surface area contributed by atoms with E-state index in [2.05, 4.69) is 23.2 Å². The Hall–Kier alpha value is -3.24. The van der Waals surface area contributed by atoms with Gasteiger partial charge in [0, 0.05) is 42.0 Å². The molecule has 2 bridgehead atoms. The fourth-order valence-electron chi connectivity index (χ4n) is 6.04. The molecule has 4 aromatic rings. The van der Waals surface area contributed by atoms with Crippen molar-refractivity contribution in [2.24, 2.45) is 0 Å². The standard InChI is InChI=1S/C28H27N4O2P/c1-31-23-14-21(25-19(16-7-8-16)5-4-6-20(25)28(31)33)26-22-13-17(11-12-32(22)30-27(23)26)18-9-10-24(29-15-18)35(2,3)34/h4-6,9-13,15-16,21,23H,7-8,14H2,1-3H3/t21-,23-/m1/s1. The minimum Gasteiger partial charge on any atom is -0.333 e. The van der Waals surface area contributed by atoms with Crippen LogP contribution in [0, 0.1) is 0 Å². The van der Waals surface area contributed by atoms with E-state index in [0.29, 0.717) is 11.4 Å². The van der Waals surface area contributed by atoms with Gasteiger partial charge in [-0.2, -0.15) is 5.10 Å². The Labute approximate surface area is 204 Å². The van der Waals surface area contributed by atoms with Crippen molar-refractivity contribution in [2.45, 2.75) is 37.1 Å². The molecule has 1 saturated carbocycles. The van der Waals surface area contributed by atoms with Gasteiger partial charge >= 0.3 is 0 Å². The monoisotopic (exact) mass is 482 g/mol. The van der Waals surface area contributed by atoms with Crippen molar-refractivity contribution in [1.29, 1.82) is 0 Å². The molecule has 1 aliphatic heterocycles. The largest absolute Gasteiger partial charge is 0.333 e. The van der Waals surface area contributed by atoms with Crippen molar-refractivity contribution >= 4 is 24.0 Å². The zero-order chi connectivity index (χ0) is 24.1. The first-order valence-electron chi connectivity index (χ1n) is 12.3. The highest BCUT2D eigenvalue weighted by Crippen LogP contribution is 2.55. The second kappa shape index (κ2) is 7.14. The number of benzene rings is 1. The SMILES string of the molecule is CN1C(=O)c2cccc(C3CC3)c2[C@H]2C[C@@H]1c1nn3ccc(-c4ccc(P(C)(C)=O)nc4)cc3c12. The molecule has 1 aromatic carbocycles. The summed E-state index contributed by atoms with van der Waals surface area (Å²) in [6.45, 7) is 3.49. The maximum absolute atomic E-state index is 13.4. The van der Waals surface area contributed by atoms with E-state index in [4.69, 9.17) is 5.10 Å². The zero-order valence-corrected chi connectivity index (χ0v) is 21.0. The van der Waals surface area contributed by atoms with Crippen molar-refractivity contribution in [3.8, 4) is 11.1 Å². The molecular formula is C28H27N4O2P. The van der Waals surface area contributed by atoms with Gasteiger partial charge in [0.05, 0.1) is 22.7 Å². The Morgan fingerprint density at radius 3 is 2.57 bits per heavy atom. The van der Waals surface area contributed by atoms with E-state index in [9.17, 15) is 9.36 Å². The van der Waals surface area contributed by atoms with Crippen molar-refractivity contribution in [3.63, 3.8) is 0 Å². The maximum Gasteiger partial charge on any atom is 0.254 e. The Balaban J connectivity index is 1.41. The summed E-state index contributed by atoms with van der Waals surface area (Å²) in [5.41, 5.74) is 9.48. The summed E-state index contributed by atoms with van der Waals surface area (Å²) in [6, 6.07) is 14.4. The number of carbonyl (C=O) groups excluding carboxylic acids is 1. The first kappa shape index (κ1) is 21.1. The summed E-state index contributed by atoms with van der Waals surface area (Å²) in [7, 11) is -0.476. The first-order valence-corrected chi connectivity index (χ1v) is 14.9. The number of fused-ring (bicyclic) bond motifs is 9. The fourth-order valence-corrected chi connectivity index (χ4v) is 6.81. The molecule has 7 heteroatoms.